The lowest BCUT2D eigenvalue weighted by atomic mass is 10.1. The summed E-state index contributed by atoms with van der Waals surface area (Å²) in [5.74, 6) is 0.120. The van der Waals surface area contributed by atoms with E-state index in [0.29, 0.717) is 13.0 Å². The maximum atomic E-state index is 11.9. The monoisotopic (exact) mass is 245 g/mol. The van der Waals surface area contributed by atoms with Gasteiger partial charge in [0.25, 0.3) is 0 Å². The Hall–Kier alpha value is -1.88. The third-order valence-electron chi connectivity index (χ3n) is 3.50. The Balaban J connectivity index is 1.97. The summed E-state index contributed by atoms with van der Waals surface area (Å²) in [5, 5.41) is 17.3. The lowest BCUT2D eigenvalue weighted by Crippen LogP contribution is -2.24. The number of amides is 1. The first-order valence-electron chi connectivity index (χ1n) is 6.05. The van der Waals surface area contributed by atoms with Gasteiger partial charge in [0.05, 0.1) is 5.52 Å². The number of nitrogens with one attached hydrogen (secondary N) is 1. The van der Waals surface area contributed by atoms with Gasteiger partial charge in [-0.3, -0.25) is 9.89 Å². The summed E-state index contributed by atoms with van der Waals surface area (Å²) < 4.78 is 0. The highest BCUT2D eigenvalue weighted by Crippen LogP contribution is 2.28. The number of hydrogen-bond acceptors (Lipinski definition) is 3. The molecule has 1 aliphatic rings. The highest BCUT2D eigenvalue weighted by molar-refractivity contribution is 5.97. The first kappa shape index (κ1) is 11.2. The molecule has 0 spiro atoms. The van der Waals surface area contributed by atoms with Crippen molar-refractivity contribution in [2.45, 2.75) is 13.3 Å². The van der Waals surface area contributed by atoms with E-state index in [-0.39, 0.29) is 18.4 Å². The quantitative estimate of drug-likeness (QED) is 0.835. The molecule has 0 saturated carbocycles. The molecular weight excluding hydrogens is 230 g/mol. The second kappa shape index (κ2) is 4.10. The lowest BCUT2D eigenvalue weighted by molar-refractivity contribution is -0.117. The van der Waals surface area contributed by atoms with Gasteiger partial charge in [-0.05, 0) is 25.1 Å². The number of nitrogens with zero attached hydrogens (tertiary/aromatic N) is 2. The van der Waals surface area contributed by atoms with Crippen molar-refractivity contribution in [2.75, 3.05) is 18.1 Å². The topological polar surface area (TPSA) is 69.2 Å². The number of hydrogen-bond donors (Lipinski definition) is 2. The van der Waals surface area contributed by atoms with E-state index in [1.54, 1.807) is 4.90 Å². The third kappa shape index (κ3) is 1.67. The average Bonchev–Trinajstić information content (AvgIpc) is 2.93. The second-order valence-corrected chi connectivity index (χ2v) is 4.81. The van der Waals surface area contributed by atoms with Crippen LogP contribution in [0.4, 0.5) is 5.69 Å². The maximum absolute atomic E-state index is 11.9. The van der Waals surface area contributed by atoms with E-state index >= 15 is 0 Å². The van der Waals surface area contributed by atoms with Crippen molar-refractivity contribution in [2.24, 2.45) is 5.92 Å². The van der Waals surface area contributed by atoms with Gasteiger partial charge in [0.2, 0.25) is 5.91 Å². The maximum Gasteiger partial charge on any atom is 0.227 e. The number of benzene rings is 1. The van der Waals surface area contributed by atoms with E-state index in [2.05, 4.69) is 10.2 Å². The molecule has 1 aromatic carbocycles. The Morgan fingerprint density at radius 2 is 2.39 bits per heavy atom. The minimum Gasteiger partial charge on any atom is -0.396 e. The minimum atomic E-state index is 0.0501. The largest absolute Gasteiger partial charge is 0.396 e. The molecule has 1 atom stereocenters. The molecule has 1 aliphatic heterocycles. The van der Waals surface area contributed by atoms with Gasteiger partial charge in [0.1, 0.15) is 0 Å². The number of fused-ring (bicyclic) bond motifs is 1. The first-order chi connectivity index (χ1) is 8.69. The predicted octanol–water partition coefficient (Wildman–Crippen LogP) is 1.22. The van der Waals surface area contributed by atoms with Crippen LogP contribution in [-0.4, -0.2) is 34.4 Å². The summed E-state index contributed by atoms with van der Waals surface area (Å²) in [6.07, 6.45) is 0.425. The molecule has 5 heteroatoms. The van der Waals surface area contributed by atoms with E-state index in [1.165, 1.54) is 0 Å². The fraction of sp³-hybridized carbons (Fsp3) is 0.385. The van der Waals surface area contributed by atoms with Crippen LogP contribution in [0, 0.1) is 12.8 Å². The second-order valence-electron chi connectivity index (χ2n) is 4.81. The Kier molecular flexibility index (Phi) is 2.56. The van der Waals surface area contributed by atoms with Gasteiger partial charge in [-0.1, -0.05) is 0 Å². The summed E-state index contributed by atoms with van der Waals surface area (Å²) in [4.78, 5) is 13.6. The van der Waals surface area contributed by atoms with Gasteiger partial charge in [0.15, 0.2) is 0 Å². The average molecular weight is 245 g/mol. The Morgan fingerprint density at radius 3 is 3.11 bits per heavy atom. The number of aryl methyl sites for hydroxylation is 1. The summed E-state index contributed by atoms with van der Waals surface area (Å²) in [6.45, 7) is 2.62. The number of anilines is 1. The summed E-state index contributed by atoms with van der Waals surface area (Å²) >= 11 is 0. The first-order valence-corrected chi connectivity index (χ1v) is 6.05. The van der Waals surface area contributed by atoms with Gasteiger partial charge >= 0.3 is 0 Å². The zero-order chi connectivity index (χ0) is 12.7. The third-order valence-corrected chi connectivity index (χ3v) is 3.50. The number of rotatable bonds is 2. The molecule has 1 saturated heterocycles. The van der Waals surface area contributed by atoms with E-state index in [1.807, 2.05) is 25.1 Å². The molecule has 1 aromatic heterocycles. The van der Waals surface area contributed by atoms with E-state index in [9.17, 15) is 4.79 Å². The van der Waals surface area contributed by atoms with E-state index in [4.69, 9.17) is 5.11 Å². The molecule has 94 valence electrons. The summed E-state index contributed by atoms with van der Waals surface area (Å²) in [7, 11) is 0. The molecule has 5 nitrogen and oxygen atoms in total. The summed E-state index contributed by atoms with van der Waals surface area (Å²) in [5.41, 5.74) is 2.75. The number of H-pyrrole nitrogens is 1. The van der Waals surface area contributed by atoms with Gasteiger partial charge in [-0.2, -0.15) is 5.10 Å². The number of carbonyl (C=O) groups excluding carboxylic acids is 1. The molecule has 18 heavy (non-hydrogen) atoms. The fourth-order valence-corrected chi connectivity index (χ4v) is 2.46. The van der Waals surface area contributed by atoms with E-state index in [0.717, 1.165) is 22.3 Å². The standard InChI is InChI=1S/C13H15N3O2/c1-8-11-3-2-10(5-12(11)15-14-8)16-6-9(7-17)4-13(16)18/h2-3,5,9,17H,4,6-7H2,1H3,(H,14,15). The van der Waals surface area contributed by atoms with Crippen molar-refractivity contribution in [1.82, 2.24) is 10.2 Å². The predicted molar refractivity (Wildman–Crippen MR) is 68.4 cm³/mol. The molecule has 1 fully saturated rings. The smallest absolute Gasteiger partial charge is 0.227 e. The summed E-state index contributed by atoms with van der Waals surface area (Å²) in [6, 6.07) is 5.82. The van der Waals surface area contributed by atoms with Crippen LogP contribution in [0.15, 0.2) is 18.2 Å². The minimum absolute atomic E-state index is 0.0501. The lowest BCUT2D eigenvalue weighted by Gasteiger charge is -2.16. The molecule has 0 bridgehead atoms. The zero-order valence-electron chi connectivity index (χ0n) is 10.2. The van der Waals surface area contributed by atoms with Crippen LogP contribution in [0.5, 0.6) is 0 Å². The van der Waals surface area contributed by atoms with Crippen molar-refractivity contribution < 1.29 is 9.90 Å². The van der Waals surface area contributed by atoms with Crippen LogP contribution in [-0.2, 0) is 4.79 Å². The van der Waals surface area contributed by atoms with Crippen LogP contribution in [0.3, 0.4) is 0 Å². The number of aromatic nitrogens is 2. The van der Waals surface area contributed by atoms with Gasteiger partial charge in [-0.15, -0.1) is 0 Å². The molecule has 2 heterocycles. The number of aliphatic hydroxyl groups is 1. The Bertz CT molecular complexity index is 605. The van der Waals surface area contributed by atoms with Gasteiger partial charge in [0, 0.05) is 42.3 Å². The van der Waals surface area contributed by atoms with Crippen molar-refractivity contribution >= 4 is 22.5 Å². The van der Waals surface area contributed by atoms with Crippen molar-refractivity contribution in [3.63, 3.8) is 0 Å². The highest BCUT2D eigenvalue weighted by atomic mass is 16.3. The Morgan fingerprint density at radius 1 is 1.56 bits per heavy atom. The number of carbonyl (C=O) groups is 1. The number of aliphatic hydroxyl groups excluding tert-OH is 1. The van der Waals surface area contributed by atoms with Crippen LogP contribution in [0.25, 0.3) is 10.9 Å². The number of aromatic amines is 1. The van der Waals surface area contributed by atoms with Crippen molar-refractivity contribution in [3.8, 4) is 0 Å². The SMILES string of the molecule is Cc1[nH]nc2cc(N3CC(CO)CC3=O)ccc12. The molecule has 2 aromatic rings. The molecule has 0 aliphatic carbocycles. The Labute approximate surface area is 104 Å². The fourth-order valence-electron chi connectivity index (χ4n) is 2.46. The van der Waals surface area contributed by atoms with Crippen molar-refractivity contribution in [1.29, 1.82) is 0 Å². The molecule has 3 rings (SSSR count). The molecule has 0 radical (unpaired) electrons. The van der Waals surface area contributed by atoms with Crippen LogP contribution < -0.4 is 4.90 Å². The van der Waals surface area contributed by atoms with Crippen LogP contribution in [0.2, 0.25) is 0 Å². The van der Waals surface area contributed by atoms with Gasteiger partial charge in [-0.25, -0.2) is 0 Å². The van der Waals surface area contributed by atoms with Gasteiger partial charge < -0.3 is 10.0 Å². The molecular formula is C13H15N3O2. The van der Waals surface area contributed by atoms with Crippen molar-refractivity contribution in [3.05, 3.63) is 23.9 Å². The molecule has 2 N–H and O–H groups in total. The van der Waals surface area contributed by atoms with E-state index < -0.39 is 0 Å². The zero-order valence-corrected chi connectivity index (χ0v) is 10.2. The van der Waals surface area contributed by atoms with Crippen LogP contribution in [0.1, 0.15) is 12.1 Å². The highest BCUT2D eigenvalue weighted by Gasteiger charge is 2.30. The molecule has 1 unspecified atom stereocenters. The normalized spacial score (nSPS) is 20.0. The molecule has 1 amide bonds. The van der Waals surface area contributed by atoms with Crippen LogP contribution >= 0.6 is 0 Å².